The molecule has 1 aromatic rings. The van der Waals surface area contributed by atoms with E-state index >= 15 is 0 Å². The predicted octanol–water partition coefficient (Wildman–Crippen LogP) is 2.41. The van der Waals surface area contributed by atoms with E-state index in [1.54, 1.807) is 17.8 Å². The zero-order valence-electron chi connectivity index (χ0n) is 8.99. The Hall–Kier alpha value is -0.670. The maximum atomic E-state index is 9.72. The first-order chi connectivity index (χ1) is 7.31. The van der Waals surface area contributed by atoms with Gasteiger partial charge in [0.15, 0.2) is 0 Å². The van der Waals surface area contributed by atoms with Gasteiger partial charge in [0.05, 0.1) is 4.90 Å². The Morgan fingerprint density at radius 2 is 2.40 bits per heavy atom. The summed E-state index contributed by atoms with van der Waals surface area (Å²) < 4.78 is 0. The van der Waals surface area contributed by atoms with E-state index in [1.807, 2.05) is 12.3 Å². The molecular weight excluding hydrogens is 206 g/mol. The van der Waals surface area contributed by atoms with Crippen LogP contribution in [0.3, 0.4) is 0 Å². The molecule has 3 heteroatoms. The van der Waals surface area contributed by atoms with Crippen LogP contribution >= 0.6 is 11.8 Å². The number of nitrogens with one attached hydrogen (secondary N) is 1. The molecule has 0 spiro atoms. The van der Waals surface area contributed by atoms with Gasteiger partial charge in [0, 0.05) is 6.04 Å². The highest BCUT2D eigenvalue weighted by Gasteiger charge is 2.16. The van der Waals surface area contributed by atoms with Gasteiger partial charge in [-0.25, -0.2) is 0 Å². The van der Waals surface area contributed by atoms with Crippen LogP contribution in [0.4, 0.5) is 0 Å². The summed E-state index contributed by atoms with van der Waals surface area (Å²) in [6, 6.07) is 6.40. The van der Waals surface area contributed by atoms with E-state index in [4.69, 9.17) is 0 Å². The zero-order valence-corrected chi connectivity index (χ0v) is 9.81. The lowest BCUT2D eigenvalue weighted by atomic mass is 10.0. The van der Waals surface area contributed by atoms with Crippen molar-refractivity contribution in [2.24, 2.45) is 0 Å². The van der Waals surface area contributed by atoms with Gasteiger partial charge in [-0.3, -0.25) is 0 Å². The van der Waals surface area contributed by atoms with Crippen molar-refractivity contribution in [2.45, 2.75) is 30.2 Å². The molecule has 1 unspecified atom stereocenters. The molecule has 0 aliphatic carbocycles. The van der Waals surface area contributed by atoms with Gasteiger partial charge < -0.3 is 10.4 Å². The minimum absolute atomic E-state index is 0.415. The van der Waals surface area contributed by atoms with Crippen molar-refractivity contribution in [3.63, 3.8) is 0 Å². The zero-order chi connectivity index (χ0) is 10.7. The molecule has 2 nitrogen and oxygen atoms in total. The fourth-order valence-corrected chi connectivity index (χ4v) is 2.85. The van der Waals surface area contributed by atoms with Gasteiger partial charge in [0.25, 0.3) is 0 Å². The summed E-state index contributed by atoms with van der Waals surface area (Å²) >= 11 is 1.63. The Balaban J connectivity index is 2.15. The number of benzene rings is 1. The van der Waals surface area contributed by atoms with E-state index in [0.717, 1.165) is 17.9 Å². The first-order valence-electron chi connectivity index (χ1n) is 5.39. The summed E-state index contributed by atoms with van der Waals surface area (Å²) in [7, 11) is 0. The predicted molar refractivity (Wildman–Crippen MR) is 64.6 cm³/mol. The number of aromatic hydroxyl groups is 1. The molecule has 0 amide bonds. The molecule has 1 fully saturated rings. The van der Waals surface area contributed by atoms with Crippen molar-refractivity contribution < 1.29 is 5.11 Å². The largest absolute Gasteiger partial charge is 0.507 e. The summed E-state index contributed by atoms with van der Waals surface area (Å²) in [5.41, 5.74) is 1.27. The van der Waals surface area contributed by atoms with Crippen molar-refractivity contribution in [1.82, 2.24) is 5.32 Å². The summed E-state index contributed by atoms with van der Waals surface area (Å²) in [6.45, 7) is 1.14. The molecule has 1 aromatic carbocycles. The highest BCUT2D eigenvalue weighted by molar-refractivity contribution is 7.98. The highest BCUT2D eigenvalue weighted by atomic mass is 32.2. The molecule has 1 aliphatic rings. The second kappa shape index (κ2) is 4.90. The summed E-state index contributed by atoms with van der Waals surface area (Å²) in [5.74, 6) is 0.415. The lowest BCUT2D eigenvalue weighted by molar-refractivity contribution is 0.459. The quantitative estimate of drug-likeness (QED) is 0.772. The highest BCUT2D eigenvalue weighted by Crippen LogP contribution is 2.31. The van der Waals surface area contributed by atoms with Gasteiger partial charge in [-0.1, -0.05) is 12.1 Å². The monoisotopic (exact) mass is 223 g/mol. The van der Waals surface area contributed by atoms with Crippen LogP contribution in [0.25, 0.3) is 0 Å². The van der Waals surface area contributed by atoms with Crippen LogP contribution in [0.1, 0.15) is 18.4 Å². The molecule has 0 saturated carbocycles. The van der Waals surface area contributed by atoms with Crippen LogP contribution in [0, 0.1) is 0 Å². The summed E-state index contributed by atoms with van der Waals surface area (Å²) in [6.07, 6.45) is 5.58. The maximum absolute atomic E-state index is 9.72. The van der Waals surface area contributed by atoms with Gasteiger partial charge >= 0.3 is 0 Å². The lowest BCUT2D eigenvalue weighted by Gasteiger charge is -2.13. The smallest absolute Gasteiger partial charge is 0.129 e. The average molecular weight is 223 g/mol. The van der Waals surface area contributed by atoms with E-state index in [-0.39, 0.29) is 0 Å². The molecule has 1 aliphatic heterocycles. The molecule has 0 bridgehead atoms. The Morgan fingerprint density at radius 1 is 1.53 bits per heavy atom. The normalized spacial score (nSPS) is 20.7. The van der Waals surface area contributed by atoms with Crippen molar-refractivity contribution in [1.29, 1.82) is 0 Å². The van der Waals surface area contributed by atoms with Crippen molar-refractivity contribution >= 4 is 11.8 Å². The van der Waals surface area contributed by atoms with Crippen molar-refractivity contribution in [2.75, 3.05) is 12.8 Å². The van der Waals surface area contributed by atoms with Crippen LogP contribution in [0.5, 0.6) is 5.75 Å². The number of hydrogen-bond donors (Lipinski definition) is 2. The minimum atomic E-state index is 0.415. The van der Waals surface area contributed by atoms with Crippen LogP contribution in [-0.2, 0) is 6.42 Å². The summed E-state index contributed by atoms with van der Waals surface area (Å²) in [5, 5.41) is 13.2. The molecule has 1 atom stereocenters. The molecule has 1 heterocycles. The van der Waals surface area contributed by atoms with Crippen LogP contribution < -0.4 is 5.32 Å². The second-order valence-electron chi connectivity index (χ2n) is 3.97. The van der Waals surface area contributed by atoms with Crippen LogP contribution in [-0.4, -0.2) is 23.9 Å². The maximum Gasteiger partial charge on any atom is 0.129 e. The van der Waals surface area contributed by atoms with Gasteiger partial charge in [-0.2, -0.15) is 0 Å². The molecule has 1 saturated heterocycles. The third-order valence-corrected chi connectivity index (χ3v) is 3.79. The molecule has 0 aromatic heterocycles. The number of phenols is 1. The Bertz CT molecular complexity index is 334. The fourth-order valence-electron chi connectivity index (χ4n) is 2.16. The number of rotatable bonds is 3. The number of thioether (sulfide) groups is 1. The number of phenolic OH excluding ortho intramolecular Hbond substituents is 1. The Morgan fingerprint density at radius 3 is 3.07 bits per heavy atom. The van der Waals surface area contributed by atoms with E-state index in [2.05, 4.69) is 11.4 Å². The van der Waals surface area contributed by atoms with E-state index < -0.39 is 0 Å². The third-order valence-electron chi connectivity index (χ3n) is 2.91. The molecule has 15 heavy (non-hydrogen) atoms. The lowest BCUT2D eigenvalue weighted by Crippen LogP contribution is -2.23. The van der Waals surface area contributed by atoms with E-state index in [0.29, 0.717) is 11.8 Å². The van der Waals surface area contributed by atoms with Gasteiger partial charge in [0.2, 0.25) is 0 Å². The minimum Gasteiger partial charge on any atom is -0.507 e. The second-order valence-corrected chi connectivity index (χ2v) is 4.78. The molecule has 82 valence electrons. The van der Waals surface area contributed by atoms with Crippen LogP contribution in [0.15, 0.2) is 23.1 Å². The molecule has 0 radical (unpaired) electrons. The standard InChI is InChI=1S/C12H17NOS/c1-15-12-9(4-2-6-11(12)14)8-10-5-3-7-13-10/h2,4,6,10,13-14H,3,5,7-8H2,1H3. The van der Waals surface area contributed by atoms with Gasteiger partial charge in [-0.05, 0) is 43.7 Å². The molecule has 2 N–H and O–H groups in total. The topological polar surface area (TPSA) is 32.3 Å². The average Bonchev–Trinajstić information content (AvgIpc) is 2.71. The first-order valence-corrected chi connectivity index (χ1v) is 6.62. The van der Waals surface area contributed by atoms with Gasteiger partial charge in [-0.15, -0.1) is 11.8 Å². The van der Waals surface area contributed by atoms with Crippen molar-refractivity contribution in [3.8, 4) is 5.75 Å². The van der Waals surface area contributed by atoms with Crippen LogP contribution in [0.2, 0.25) is 0 Å². The number of hydrogen-bond acceptors (Lipinski definition) is 3. The Kier molecular flexibility index (Phi) is 3.54. The first kappa shape index (κ1) is 10.8. The fraction of sp³-hybridized carbons (Fsp3) is 0.500. The molecular formula is C12H17NOS. The SMILES string of the molecule is CSc1c(O)cccc1CC1CCCN1. The van der Waals surface area contributed by atoms with E-state index in [1.165, 1.54) is 18.4 Å². The van der Waals surface area contributed by atoms with Crippen molar-refractivity contribution in [3.05, 3.63) is 23.8 Å². The molecule has 2 rings (SSSR count). The van der Waals surface area contributed by atoms with Gasteiger partial charge in [0.1, 0.15) is 5.75 Å². The van der Waals surface area contributed by atoms with E-state index in [9.17, 15) is 5.11 Å². The Labute approximate surface area is 95.1 Å². The third kappa shape index (κ3) is 2.47. The summed E-state index contributed by atoms with van der Waals surface area (Å²) in [4.78, 5) is 1.03.